The Bertz CT molecular complexity index is 923. The van der Waals surface area contributed by atoms with Crippen molar-refractivity contribution in [3.05, 3.63) is 63.9 Å². The zero-order valence-corrected chi connectivity index (χ0v) is 16.6. The smallest absolute Gasteiger partial charge is 0.235 e. The Morgan fingerprint density at radius 2 is 2.22 bits per heavy atom. The summed E-state index contributed by atoms with van der Waals surface area (Å²) in [5.41, 5.74) is 0.752. The molecular formula is C19H19FN4OS2. The molecule has 0 spiro atoms. The van der Waals surface area contributed by atoms with Gasteiger partial charge < -0.3 is 4.90 Å². The van der Waals surface area contributed by atoms with Crippen LogP contribution < -0.4 is 0 Å². The van der Waals surface area contributed by atoms with E-state index in [0.717, 1.165) is 10.4 Å². The Morgan fingerprint density at radius 3 is 2.96 bits per heavy atom. The second-order valence-electron chi connectivity index (χ2n) is 5.94. The van der Waals surface area contributed by atoms with Gasteiger partial charge in [0.15, 0.2) is 0 Å². The molecule has 0 saturated heterocycles. The minimum absolute atomic E-state index is 0.0651. The highest BCUT2D eigenvalue weighted by atomic mass is 32.2. The summed E-state index contributed by atoms with van der Waals surface area (Å²) in [6.45, 7) is 2.16. The van der Waals surface area contributed by atoms with E-state index >= 15 is 0 Å². The van der Waals surface area contributed by atoms with E-state index in [9.17, 15) is 9.18 Å². The Kier molecular flexibility index (Phi) is 6.41. The molecule has 0 saturated carbocycles. The van der Waals surface area contributed by atoms with E-state index < -0.39 is 0 Å². The van der Waals surface area contributed by atoms with Gasteiger partial charge in [0, 0.05) is 18.5 Å². The number of nitrogens with one attached hydrogen (secondary N) is 1. The number of halogens is 1. The van der Waals surface area contributed by atoms with E-state index in [2.05, 4.69) is 15.2 Å². The third kappa shape index (κ3) is 5.51. The number of hydrogen-bond donors (Lipinski definition) is 1. The highest BCUT2D eigenvalue weighted by Crippen LogP contribution is 2.22. The fraction of sp³-hybridized carbons (Fsp3) is 0.211. The zero-order valence-electron chi connectivity index (χ0n) is 14.9. The molecule has 2 aromatic heterocycles. The third-order valence-electron chi connectivity index (χ3n) is 3.75. The third-order valence-corrected chi connectivity index (χ3v) is 5.53. The number of nitrogens with zero attached hydrogens (tertiary/aromatic N) is 3. The minimum atomic E-state index is -0.353. The van der Waals surface area contributed by atoms with E-state index in [1.807, 2.05) is 36.6 Å². The number of hydrogen-bond acceptors (Lipinski definition) is 5. The SMILES string of the molecule is CC(Sc1n[nH]c(C=Cc2cccs2)n1)C(=O)N(C)Cc1cccc(F)c1. The van der Waals surface area contributed by atoms with Crippen LogP contribution in [0.3, 0.4) is 0 Å². The number of carbonyl (C=O) groups is 1. The quantitative estimate of drug-likeness (QED) is 0.598. The van der Waals surface area contributed by atoms with Gasteiger partial charge in [0.2, 0.25) is 11.1 Å². The molecule has 1 N–H and O–H groups in total. The predicted molar refractivity (Wildman–Crippen MR) is 108 cm³/mol. The number of thiophene rings is 1. The van der Waals surface area contributed by atoms with Crippen LogP contribution in [0.1, 0.15) is 23.2 Å². The number of rotatable bonds is 7. The minimum Gasteiger partial charge on any atom is -0.340 e. The van der Waals surface area contributed by atoms with Crippen LogP contribution in [0.4, 0.5) is 4.39 Å². The van der Waals surface area contributed by atoms with Crippen molar-refractivity contribution in [1.29, 1.82) is 0 Å². The molecule has 3 aromatic rings. The van der Waals surface area contributed by atoms with Gasteiger partial charge in [-0.1, -0.05) is 30.0 Å². The molecule has 1 amide bonds. The summed E-state index contributed by atoms with van der Waals surface area (Å²) in [4.78, 5) is 19.6. The molecule has 0 fully saturated rings. The fourth-order valence-corrected chi connectivity index (χ4v) is 3.90. The second kappa shape index (κ2) is 8.96. The van der Waals surface area contributed by atoms with Crippen LogP contribution >= 0.6 is 23.1 Å². The molecule has 5 nitrogen and oxygen atoms in total. The maximum atomic E-state index is 13.3. The first-order valence-corrected chi connectivity index (χ1v) is 10.1. The van der Waals surface area contributed by atoms with Gasteiger partial charge in [-0.3, -0.25) is 9.89 Å². The van der Waals surface area contributed by atoms with Crippen LogP contribution in [0, 0.1) is 5.82 Å². The van der Waals surface area contributed by atoms with E-state index in [-0.39, 0.29) is 17.0 Å². The average molecular weight is 403 g/mol. The van der Waals surface area contributed by atoms with Crippen LogP contribution in [0.5, 0.6) is 0 Å². The summed E-state index contributed by atoms with van der Waals surface area (Å²) in [7, 11) is 1.71. The summed E-state index contributed by atoms with van der Waals surface area (Å²) in [5.74, 6) is 0.267. The molecule has 0 aliphatic rings. The van der Waals surface area contributed by atoms with Crippen molar-refractivity contribution >= 4 is 41.2 Å². The number of H-pyrrole nitrogens is 1. The van der Waals surface area contributed by atoms with E-state index in [4.69, 9.17) is 0 Å². The standard InChI is InChI=1S/C19H19FN4OS2/c1-13(18(25)24(2)12-14-5-3-6-15(20)11-14)27-19-21-17(22-23-19)9-8-16-7-4-10-26-16/h3-11,13H,12H2,1-2H3,(H,21,22,23). The lowest BCUT2D eigenvalue weighted by molar-refractivity contribution is -0.129. The van der Waals surface area contributed by atoms with Crippen molar-refractivity contribution in [2.45, 2.75) is 23.9 Å². The van der Waals surface area contributed by atoms with Gasteiger partial charge in [0.05, 0.1) is 5.25 Å². The number of carbonyl (C=O) groups excluding carboxylic acids is 1. The highest BCUT2D eigenvalue weighted by Gasteiger charge is 2.20. The maximum absolute atomic E-state index is 13.3. The van der Waals surface area contributed by atoms with Crippen LogP contribution in [-0.2, 0) is 11.3 Å². The first-order valence-electron chi connectivity index (χ1n) is 8.31. The molecule has 0 aliphatic carbocycles. The molecule has 3 rings (SSSR count). The molecule has 140 valence electrons. The van der Waals surface area contributed by atoms with Crippen molar-refractivity contribution in [1.82, 2.24) is 20.1 Å². The fourth-order valence-electron chi connectivity index (χ4n) is 2.44. The summed E-state index contributed by atoms with van der Waals surface area (Å²) in [6.07, 6.45) is 3.81. The Balaban J connectivity index is 1.56. The second-order valence-corrected chi connectivity index (χ2v) is 8.22. The highest BCUT2D eigenvalue weighted by molar-refractivity contribution is 8.00. The number of amides is 1. The molecule has 8 heteroatoms. The van der Waals surface area contributed by atoms with Crippen molar-refractivity contribution < 1.29 is 9.18 Å². The van der Waals surface area contributed by atoms with Crippen LogP contribution in [-0.4, -0.2) is 38.3 Å². The average Bonchev–Trinajstić information content (AvgIpc) is 3.31. The summed E-state index contributed by atoms with van der Waals surface area (Å²) < 4.78 is 13.3. The molecule has 2 heterocycles. The number of aromatic amines is 1. The molecule has 1 unspecified atom stereocenters. The topological polar surface area (TPSA) is 61.9 Å². The number of benzene rings is 1. The van der Waals surface area contributed by atoms with Gasteiger partial charge in [-0.05, 0) is 48.2 Å². The Hall–Kier alpha value is -2.45. The summed E-state index contributed by atoms with van der Waals surface area (Å²) in [6, 6.07) is 10.3. The molecule has 27 heavy (non-hydrogen) atoms. The summed E-state index contributed by atoms with van der Waals surface area (Å²) in [5, 5.41) is 9.18. The van der Waals surface area contributed by atoms with Crippen molar-refractivity contribution in [3.8, 4) is 0 Å². The molecular weight excluding hydrogens is 383 g/mol. The van der Waals surface area contributed by atoms with Crippen LogP contribution in [0.15, 0.2) is 46.9 Å². The maximum Gasteiger partial charge on any atom is 0.235 e. The molecule has 1 atom stereocenters. The first kappa shape index (κ1) is 19.3. The Labute approximate surface area is 165 Å². The zero-order chi connectivity index (χ0) is 19.2. The molecule has 1 aromatic carbocycles. The molecule has 0 aliphatic heterocycles. The van der Waals surface area contributed by atoms with Crippen molar-refractivity contribution in [2.24, 2.45) is 0 Å². The predicted octanol–water partition coefficient (Wildman–Crippen LogP) is 4.31. The largest absolute Gasteiger partial charge is 0.340 e. The van der Waals surface area contributed by atoms with Crippen molar-refractivity contribution in [3.63, 3.8) is 0 Å². The van der Waals surface area contributed by atoms with Gasteiger partial charge in [-0.2, -0.15) is 0 Å². The Morgan fingerprint density at radius 1 is 1.37 bits per heavy atom. The first-order chi connectivity index (χ1) is 13.0. The lowest BCUT2D eigenvalue weighted by atomic mass is 10.2. The van der Waals surface area contributed by atoms with Gasteiger partial charge in [-0.25, -0.2) is 9.37 Å². The monoisotopic (exact) mass is 402 g/mol. The normalized spacial score (nSPS) is 12.4. The number of thioether (sulfide) groups is 1. The lowest BCUT2D eigenvalue weighted by Gasteiger charge is -2.20. The van der Waals surface area contributed by atoms with E-state index in [1.54, 1.807) is 35.4 Å². The van der Waals surface area contributed by atoms with E-state index in [0.29, 0.717) is 17.5 Å². The van der Waals surface area contributed by atoms with Gasteiger partial charge in [0.25, 0.3) is 0 Å². The van der Waals surface area contributed by atoms with E-state index in [1.165, 1.54) is 23.9 Å². The van der Waals surface area contributed by atoms with Crippen molar-refractivity contribution in [2.75, 3.05) is 7.05 Å². The van der Waals surface area contributed by atoms with Gasteiger partial charge in [0.1, 0.15) is 11.6 Å². The number of aromatic nitrogens is 3. The van der Waals surface area contributed by atoms with Crippen LogP contribution in [0.2, 0.25) is 0 Å². The molecule has 0 radical (unpaired) electrons. The van der Waals surface area contributed by atoms with Gasteiger partial charge >= 0.3 is 0 Å². The van der Waals surface area contributed by atoms with Gasteiger partial charge in [-0.15, -0.1) is 16.4 Å². The molecule has 0 bridgehead atoms. The van der Waals surface area contributed by atoms with Crippen LogP contribution in [0.25, 0.3) is 12.2 Å². The summed E-state index contributed by atoms with van der Waals surface area (Å²) >= 11 is 2.93. The lowest BCUT2D eigenvalue weighted by Crippen LogP contribution is -2.32.